The summed E-state index contributed by atoms with van der Waals surface area (Å²) in [5.41, 5.74) is 0. The van der Waals surface area contributed by atoms with Crippen LogP contribution in [0.4, 0.5) is 8.78 Å². The van der Waals surface area contributed by atoms with Crippen molar-refractivity contribution >= 4 is 23.6 Å². The van der Waals surface area contributed by atoms with Gasteiger partial charge in [-0.1, -0.05) is 0 Å². The van der Waals surface area contributed by atoms with Crippen molar-refractivity contribution in [3.8, 4) is 0 Å². The molecule has 0 fully saturated rings. The van der Waals surface area contributed by atoms with Crippen LogP contribution in [0, 0.1) is 0 Å². The van der Waals surface area contributed by atoms with Gasteiger partial charge in [0.15, 0.2) is 0 Å². The Balaban J connectivity index is 5.40. The topological polar surface area (TPSA) is 9.72 Å². The van der Waals surface area contributed by atoms with Gasteiger partial charge in [-0.15, -0.1) is 14.0 Å². The van der Waals surface area contributed by atoms with Crippen molar-refractivity contribution < 1.29 is 8.78 Å². The number of nitrogens with zero attached hydrogens (tertiary/aromatic N) is 3. The molecule has 0 spiro atoms. The smallest absolute Gasteiger partial charge is 0.151 e. The molecule has 3 nitrogen and oxygen atoms in total. The van der Waals surface area contributed by atoms with Crippen LogP contribution in [0.25, 0.3) is 0 Å². The molecule has 0 N–H and O–H groups in total. The van der Waals surface area contributed by atoms with Crippen LogP contribution in [0.5, 0.6) is 0 Å². The largest absolute Gasteiger partial charge is 0.457 e. The molecule has 0 aliphatic heterocycles. The summed E-state index contributed by atoms with van der Waals surface area (Å²) in [5.74, 6) is 0. The van der Waals surface area contributed by atoms with E-state index < -0.39 is 12.3 Å². The number of hydrogen-bond donors (Lipinski definition) is 0. The van der Waals surface area contributed by atoms with E-state index >= 15 is 0 Å². The molecule has 0 aromatic heterocycles. The summed E-state index contributed by atoms with van der Waals surface area (Å²) in [6.45, 7) is 0. The predicted octanol–water partition coefficient (Wildman–Crippen LogP) is 2.38. The molecule has 0 aliphatic carbocycles. The third kappa shape index (κ3) is 2.25. The second-order valence-electron chi connectivity index (χ2n) is 3.58. The van der Waals surface area contributed by atoms with E-state index in [1.54, 1.807) is 56.3 Å². The van der Waals surface area contributed by atoms with Crippen LogP contribution in [-0.2, 0) is 0 Å². The fourth-order valence-corrected chi connectivity index (χ4v) is 8.12. The molecule has 7 heteroatoms. The predicted molar refractivity (Wildman–Crippen MR) is 61.9 cm³/mol. The van der Waals surface area contributed by atoms with Crippen molar-refractivity contribution in [3.63, 3.8) is 0 Å². The maximum Gasteiger partial charge on any atom is 0.457 e. The quantitative estimate of drug-likeness (QED) is 0.582. The molecule has 0 heterocycles. The monoisotopic (exact) mass is 292 g/mol. The van der Waals surface area contributed by atoms with E-state index in [9.17, 15) is 8.78 Å². The molecular formula is C7H18BrF2N3P+. The Bertz CT molecular complexity index is 172. The van der Waals surface area contributed by atoms with Crippen LogP contribution in [0.3, 0.4) is 0 Å². The molecule has 0 aromatic rings. The van der Waals surface area contributed by atoms with E-state index in [0.717, 1.165) is 0 Å². The molecule has 0 atom stereocenters. The van der Waals surface area contributed by atoms with Gasteiger partial charge in [0, 0.05) is 58.2 Å². The van der Waals surface area contributed by atoms with Crippen LogP contribution in [0.1, 0.15) is 0 Å². The molecule has 0 aliphatic rings. The summed E-state index contributed by atoms with van der Waals surface area (Å²) in [4.78, 5) is 0. The molecule has 0 saturated heterocycles. The minimum Gasteiger partial charge on any atom is -0.151 e. The number of alkyl halides is 3. The van der Waals surface area contributed by atoms with E-state index in [0.29, 0.717) is 0 Å². The van der Waals surface area contributed by atoms with Crippen molar-refractivity contribution in [1.29, 1.82) is 0 Å². The van der Waals surface area contributed by atoms with Gasteiger partial charge in [-0.05, 0) is 0 Å². The number of rotatable bonds is 4. The summed E-state index contributed by atoms with van der Waals surface area (Å²) in [6, 6.07) is 0. The summed E-state index contributed by atoms with van der Waals surface area (Å²) in [7, 11) is 7.21. The Morgan fingerprint density at radius 2 is 1.07 bits per heavy atom. The zero-order valence-corrected chi connectivity index (χ0v) is 11.9. The second-order valence-corrected chi connectivity index (χ2v) is 9.28. The molecule has 14 heavy (non-hydrogen) atoms. The first-order valence-corrected chi connectivity index (χ1v) is 6.51. The van der Waals surface area contributed by atoms with E-state index in [4.69, 9.17) is 0 Å². The highest BCUT2D eigenvalue weighted by Gasteiger charge is 2.67. The third-order valence-corrected chi connectivity index (χ3v) is 7.47. The van der Waals surface area contributed by atoms with E-state index in [-0.39, 0.29) is 0 Å². The number of halogens is 3. The summed E-state index contributed by atoms with van der Waals surface area (Å²) >= 11 is 2.50. The maximum atomic E-state index is 13.6. The molecule has 0 bridgehead atoms. The molecule has 86 valence electrons. The Hall–Kier alpha value is 0.650. The summed E-state index contributed by atoms with van der Waals surface area (Å²) < 4.78 is 29.1. The van der Waals surface area contributed by atoms with Gasteiger partial charge < -0.3 is 0 Å². The van der Waals surface area contributed by atoms with Crippen molar-refractivity contribution in [3.05, 3.63) is 0 Å². The van der Waals surface area contributed by atoms with Crippen LogP contribution in [0.15, 0.2) is 0 Å². The maximum absolute atomic E-state index is 13.6. The Labute approximate surface area is 93.7 Å². The van der Waals surface area contributed by atoms with E-state index in [2.05, 4.69) is 15.9 Å². The SMILES string of the molecule is CN(C)[P+](N(C)C)(N(C)C)C(F)(F)Br. The first-order chi connectivity index (χ1) is 6.08. The molecular weight excluding hydrogens is 275 g/mol. The fourth-order valence-electron chi connectivity index (χ4n) is 1.75. The molecule has 0 radical (unpaired) electrons. The first-order valence-electron chi connectivity index (χ1n) is 4.07. The van der Waals surface area contributed by atoms with Gasteiger partial charge in [0.2, 0.25) is 0 Å². The lowest BCUT2D eigenvalue weighted by molar-refractivity contribution is 0.176. The molecule has 0 aromatic carbocycles. The van der Waals surface area contributed by atoms with Crippen LogP contribution >= 0.6 is 23.6 Å². The minimum absolute atomic E-state index is 1.59. The van der Waals surface area contributed by atoms with E-state index in [1.807, 2.05) is 0 Å². The van der Waals surface area contributed by atoms with Crippen LogP contribution < -0.4 is 0 Å². The fraction of sp³-hybridized carbons (Fsp3) is 1.00. The van der Waals surface area contributed by atoms with Gasteiger partial charge >= 0.3 is 12.3 Å². The average Bonchev–Trinajstić information content (AvgIpc) is 1.79. The summed E-state index contributed by atoms with van der Waals surface area (Å²) in [5, 5.41) is 0. The Morgan fingerprint density at radius 3 is 1.07 bits per heavy atom. The Kier molecular flexibility index (Phi) is 4.88. The summed E-state index contributed by atoms with van der Waals surface area (Å²) in [6.07, 6.45) is 0. The Morgan fingerprint density at radius 1 is 0.857 bits per heavy atom. The van der Waals surface area contributed by atoms with Crippen molar-refractivity contribution in [2.75, 3.05) is 42.3 Å². The minimum atomic E-state index is -2.92. The van der Waals surface area contributed by atoms with Crippen LogP contribution in [-0.4, -0.2) is 60.9 Å². The molecule has 0 amide bonds. The lowest BCUT2D eigenvalue weighted by Gasteiger charge is -2.41. The van der Waals surface area contributed by atoms with Crippen molar-refractivity contribution in [1.82, 2.24) is 14.0 Å². The zero-order chi connectivity index (χ0) is 11.7. The van der Waals surface area contributed by atoms with Gasteiger partial charge in [-0.3, -0.25) is 0 Å². The van der Waals surface area contributed by atoms with Crippen molar-refractivity contribution in [2.24, 2.45) is 0 Å². The first kappa shape index (κ1) is 14.6. The van der Waals surface area contributed by atoms with Gasteiger partial charge in [-0.2, -0.15) is 8.78 Å². The highest BCUT2D eigenvalue weighted by molar-refractivity contribution is 9.11. The average molecular weight is 293 g/mol. The van der Waals surface area contributed by atoms with Gasteiger partial charge in [0.05, 0.1) is 0 Å². The van der Waals surface area contributed by atoms with Crippen molar-refractivity contribution in [2.45, 2.75) is 4.57 Å². The van der Waals surface area contributed by atoms with Crippen LogP contribution in [0.2, 0.25) is 0 Å². The van der Waals surface area contributed by atoms with Gasteiger partial charge in [-0.25, -0.2) is 0 Å². The molecule has 0 unspecified atom stereocenters. The third-order valence-electron chi connectivity index (χ3n) is 2.01. The number of hydrogen-bond acceptors (Lipinski definition) is 3. The lowest BCUT2D eigenvalue weighted by Crippen LogP contribution is -2.43. The standard InChI is InChI=1S/C7H18BrF2N3P/c1-11(2)14(12(3)4,13(5)6)7(8,9)10/h1-6H3/q+1. The zero-order valence-electron chi connectivity index (χ0n) is 9.42. The highest BCUT2D eigenvalue weighted by atomic mass is 79.9. The van der Waals surface area contributed by atoms with E-state index in [1.165, 1.54) is 0 Å². The lowest BCUT2D eigenvalue weighted by atomic mass is 11.2. The molecule has 0 rings (SSSR count). The van der Waals surface area contributed by atoms with Gasteiger partial charge in [0.1, 0.15) is 0 Å². The highest BCUT2D eigenvalue weighted by Crippen LogP contribution is 2.76. The normalized spacial score (nSPS) is 14.6. The molecule has 0 saturated carbocycles. The van der Waals surface area contributed by atoms with Gasteiger partial charge in [0.25, 0.3) is 0 Å². The second kappa shape index (κ2) is 4.66.